The van der Waals surface area contributed by atoms with Crippen LogP contribution < -0.4 is 5.32 Å². The first-order chi connectivity index (χ1) is 11.1. The molecule has 0 radical (unpaired) electrons. The Hall–Kier alpha value is -2.57. The minimum absolute atomic E-state index is 0.0268. The monoisotopic (exact) mass is 317 g/mol. The summed E-state index contributed by atoms with van der Waals surface area (Å²) in [7, 11) is 0. The highest BCUT2D eigenvalue weighted by molar-refractivity contribution is 6.00. The van der Waals surface area contributed by atoms with Gasteiger partial charge in [0, 0.05) is 11.8 Å². The average molecular weight is 317 g/mol. The number of allylic oxidation sites excluding steroid dienone is 2. The smallest absolute Gasteiger partial charge is 0.364 e. The van der Waals surface area contributed by atoms with Crippen molar-refractivity contribution in [2.45, 2.75) is 25.7 Å². The summed E-state index contributed by atoms with van der Waals surface area (Å²) in [4.78, 5) is 23.9. The van der Waals surface area contributed by atoms with Crippen LogP contribution in [0.25, 0.3) is 0 Å². The summed E-state index contributed by atoms with van der Waals surface area (Å²) in [5.41, 5.74) is -0.174. The van der Waals surface area contributed by atoms with Crippen molar-refractivity contribution in [3.8, 4) is 0 Å². The molecule has 6 nitrogen and oxygen atoms in total. The van der Waals surface area contributed by atoms with E-state index in [0.29, 0.717) is 6.42 Å². The standard InChI is InChI=1S/C16H16FN3O3/c17-11-7-3-4-8-12(11)18-16(23)20-19-13-14(21)9-5-1-2-6-10(9)15(13)22/h3-4,7-10,21H,1-2,5-6H2,(H,18,23). The number of amides is 2. The van der Waals surface area contributed by atoms with E-state index in [-0.39, 0.29) is 34.8 Å². The number of aliphatic hydroxyl groups is 1. The molecule has 2 aliphatic carbocycles. The van der Waals surface area contributed by atoms with E-state index in [2.05, 4.69) is 15.5 Å². The summed E-state index contributed by atoms with van der Waals surface area (Å²) in [5, 5.41) is 19.3. The van der Waals surface area contributed by atoms with Crippen molar-refractivity contribution in [3.63, 3.8) is 0 Å². The predicted octanol–water partition coefficient (Wildman–Crippen LogP) is 3.97. The number of carbonyl (C=O) groups excluding carboxylic acids is 2. The van der Waals surface area contributed by atoms with Gasteiger partial charge in [-0.3, -0.25) is 4.79 Å². The van der Waals surface area contributed by atoms with Crippen molar-refractivity contribution in [1.82, 2.24) is 0 Å². The van der Waals surface area contributed by atoms with Crippen LogP contribution in [0.15, 0.2) is 46.0 Å². The number of hydrogen-bond acceptors (Lipinski definition) is 4. The van der Waals surface area contributed by atoms with Crippen LogP contribution in [0, 0.1) is 17.7 Å². The number of halogens is 1. The van der Waals surface area contributed by atoms with Crippen LogP contribution in [0.4, 0.5) is 14.9 Å². The van der Waals surface area contributed by atoms with Crippen molar-refractivity contribution in [3.05, 3.63) is 41.5 Å². The number of carbonyl (C=O) groups is 2. The maximum atomic E-state index is 13.4. The van der Waals surface area contributed by atoms with Crippen molar-refractivity contribution in [2.24, 2.45) is 22.1 Å². The van der Waals surface area contributed by atoms with Crippen molar-refractivity contribution in [1.29, 1.82) is 0 Å². The number of nitrogens with one attached hydrogen (secondary N) is 1. The minimum atomic E-state index is -0.905. The van der Waals surface area contributed by atoms with Gasteiger partial charge < -0.3 is 10.4 Å². The molecule has 2 unspecified atom stereocenters. The molecule has 1 aromatic rings. The SMILES string of the molecule is O=C(N=NC1=C(O)C2CCCCC2C1=O)Nc1ccccc1F. The number of urea groups is 1. The van der Waals surface area contributed by atoms with Crippen LogP contribution in [0.3, 0.4) is 0 Å². The fraction of sp³-hybridized carbons (Fsp3) is 0.375. The summed E-state index contributed by atoms with van der Waals surface area (Å²) in [6, 6.07) is 4.74. The van der Waals surface area contributed by atoms with Gasteiger partial charge in [0.1, 0.15) is 11.6 Å². The van der Waals surface area contributed by atoms with Crippen LogP contribution >= 0.6 is 0 Å². The van der Waals surface area contributed by atoms with Gasteiger partial charge in [0.15, 0.2) is 11.5 Å². The normalized spacial score (nSPS) is 24.1. The summed E-state index contributed by atoms with van der Waals surface area (Å²) >= 11 is 0. The molecule has 0 bridgehead atoms. The van der Waals surface area contributed by atoms with Gasteiger partial charge in [-0.25, -0.2) is 9.18 Å². The molecule has 1 aromatic carbocycles. The molecule has 2 atom stereocenters. The van der Waals surface area contributed by atoms with Crippen LogP contribution in [0.2, 0.25) is 0 Å². The Morgan fingerprint density at radius 1 is 1.22 bits per heavy atom. The highest BCUT2D eigenvalue weighted by atomic mass is 19.1. The molecule has 0 saturated heterocycles. The number of ketones is 1. The lowest BCUT2D eigenvalue weighted by Crippen LogP contribution is -2.21. The van der Waals surface area contributed by atoms with Gasteiger partial charge in [0.25, 0.3) is 0 Å². The Morgan fingerprint density at radius 3 is 2.61 bits per heavy atom. The van der Waals surface area contributed by atoms with E-state index in [0.717, 1.165) is 19.3 Å². The Morgan fingerprint density at radius 2 is 1.91 bits per heavy atom. The third kappa shape index (κ3) is 2.99. The maximum Gasteiger partial charge on any atom is 0.364 e. The number of hydrogen-bond donors (Lipinski definition) is 2. The zero-order chi connectivity index (χ0) is 16.4. The zero-order valence-electron chi connectivity index (χ0n) is 12.3. The van der Waals surface area contributed by atoms with E-state index < -0.39 is 11.8 Å². The molecule has 23 heavy (non-hydrogen) atoms. The topological polar surface area (TPSA) is 91.1 Å². The molecule has 1 fully saturated rings. The van der Waals surface area contributed by atoms with E-state index in [1.165, 1.54) is 18.2 Å². The number of azo groups is 1. The fourth-order valence-corrected chi connectivity index (χ4v) is 3.15. The molecular weight excluding hydrogens is 301 g/mol. The van der Waals surface area contributed by atoms with Gasteiger partial charge in [-0.05, 0) is 25.0 Å². The van der Waals surface area contributed by atoms with Crippen molar-refractivity contribution in [2.75, 3.05) is 5.32 Å². The van der Waals surface area contributed by atoms with E-state index in [1.807, 2.05) is 0 Å². The average Bonchev–Trinajstić information content (AvgIpc) is 2.80. The van der Waals surface area contributed by atoms with Gasteiger partial charge >= 0.3 is 6.03 Å². The van der Waals surface area contributed by atoms with Gasteiger partial charge in [0.05, 0.1) is 5.69 Å². The number of fused-ring (bicyclic) bond motifs is 1. The number of anilines is 1. The Balaban J connectivity index is 1.72. The van der Waals surface area contributed by atoms with Gasteiger partial charge in [-0.1, -0.05) is 30.1 Å². The van der Waals surface area contributed by atoms with E-state index in [9.17, 15) is 19.1 Å². The zero-order valence-corrected chi connectivity index (χ0v) is 12.3. The quantitative estimate of drug-likeness (QED) is 0.808. The molecule has 0 heterocycles. The Kier molecular flexibility index (Phi) is 4.18. The van der Waals surface area contributed by atoms with Crippen molar-refractivity contribution >= 4 is 17.5 Å². The van der Waals surface area contributed by atoms with E-state index in [1.54, 1.807) is 6.07 Å². The Bertz CT molecular complexity index is 714. The van der Waals surface area contributed by atoms with Gasteiger partial charge in [-0.2, -0.15) is 0 Å². The van der Waals surface area contributed by atoms with Crippen LogP contribution in [0.5, 0.6) is 0 Å². The third-order valence-corrected chi connectivity index (χ3v) is 4.29. The molecule has 2 aliphatic rings. The third-order valence-electron chi connectivity index (χ3n) is 4.29. The highest BCUT2D eigenvalue weighted by Gasteiger charge is 2.43. The summed E-state index contributed by atoms with van der Waals surface area (Å²) in [5.74, 6) is -1.41. The minimum Gasteiger partial charge on any atom is -0.510 e. The van der Waals surface area contributed by atoms with Gasteiger partial charge in [0.2, 0.25) is 0 Å². The van der Waals surface area contributed by atoms with Crippen LogP contribution in [-0.4, -0.2) is 16.9 Å². The maximum absolute atomic E-state index is 13.4. The molecule has 2 amide bonds. The molecule has 0 spiro atoms. The van der Waals surface area contributed by atoms with Crippen LogP contribution in [0.1, 0.15) is 25.7 Å². The molecule has 0 aromatic heterocycles. The first-order valence-electron chi connectivity index (χ1n) is 7.52. The first-order valence-corrected chi connectivity index (χ1v) is 7.52. The lowest BCUT2D eigenvalue weighted by molar-refractivity contribution is -0.120. The molecule has 3 rings (SSSR count). The van der Waals surface area contributed by atoms with E-state index in [4.69, 9.17) is 0 Å². The number of rotatable bonds is 2. The lowest BCUT2D eigenvalue weighted by Gasteiger charge is -2.23. The Labute approximate surface area is 132 Å². The number of nitrogens with zero attached hydrogens (tertiary/aromatic N) is 2. The second-order valence-corrected chi connectivity index (χ2v) is 5.71. The number of benzene rings is 1. The summed E-state index contributed by atoms with van der Waals surface area (Å²) < 4.78 is 13.4. The molecule has 2 N–H and O–H groups in total. The highest BCUT2D eigenvalue weighted by Crippen LogP contribution is 2.42. The number of para-hydroxylation sites is 1. The molecular formula is C16H16FN3O3. The summed E-state index contributed by atoms with van der Waals surface area (Å²) in [6.07, 6.45) is 3.35. The second kappa shape index (κ2) is 6.28. The lowest BCUT2D eigenvalue weighted by atomic mass is 9.80. The van der Waals surface area contributed by atoms with Crippen molar-refractivity contribution < 1.29 is 19.1 Å². The number of Topliss-reactive ketones (excluding diaryl/α,β-unsaturated/α-hetero) is 1. The second-order valence-electron chi connectivity index (χ2n) is 5.71. The fourth-order valence-electron chi connectivity index (χ4n) is 3.15. The molecule has 0 aliphatic heterocycles. The predicted molar refractivity (Wildman–Crippen MR) is 80.4 cm³/mol. The first kappa shape index (κ1) is 15.3. The van der Waals surface area contributed by atoms with Gasteiger partial charge in [-0.15, -0.1) is 5.11 Å². The molecule has 120 valence electrons. The molecule has 1 saturated carbocycles. The summed E-state index contributed by atoms with van der Waals surface area (Å²) in [6.45, 7) is 0. The van der Waals surface area contributed by atoms with Crippen LogP contribution in [-0.2, 0) is 4.79 Å². The van der Waals surface area contributed by atoms with E-state index >= 15 is 0 Å². The largest absolute Gasteiger partial charge is 0.510 e. The number of aliphatic hydroxyl groups excluding tert-OH is 1. The molecule has 7 heteroatoms.